The number of nitrogens with zero attached hydrogens (tertiary/aromatic N) is 3. The quantitative estimate of drug-likeness (QED) is 0.893. The van der Waals surface area contributed by atoms with Crippen LogP contribution in [-0.4, -0.2) is 37.5 Å². The average Bonchev–Trinajstić information content (AvgIpc) is 2.55. The molecule has 0 aliphatic carbocycles. The van der Waals surface area contributed by atoms with E-state index in [0.29, 0.717) is 18.9 Å². The van der Waals surface area contributed by atoms with Crippen LogP contribution in [0.15, 0.2) is 41.6 Å². The van der Waals surface area contributed by atoms with E-state index in [2.05, 4.69) is 14.7 Å². The maximum atomic E-state index is 13.9. The van der Waals surface area contributed by atoms with Gasteiger partial charge in [0.05, 0.1) is 0 Å². The maximum Gasteiger partial charge on any atom is 0.243 e. The van der Waals surface area contributed by atoms with Gasteiger partial charge in [-0.1, -0.05) is 11.6 Å². The maximum absolute atomic E-state index is 13.9. The lowest BCUT2D eigenvalue weighted by atomic mass is 10.1. The molecule has 0 spiro atoms. The number of hydrogen-bond acceptors (Lipinski definition) is 5. The van der Waals surface area contributed by atoms with Gasteiger partial charge in [-0.05, 0) is 37.1 Å². The van der Waals surface area contributed by atoms with Crippen molar-refractivity contribution < 1.29 is 12.8 Å². The molecule has 1 aliphatic heterocycles. The van der Waals surface area contributed by atoms with Gasteiger partial charge in [0.2, 0.25) is 16.0 Å². The van der Waals surface area contributed by atoms with Gasteiger partial charge in [0.25, 0.3) is 0 Å². The van der Waals surface area contributed by atoms with E-state index in [1.54, 1.807) is 18.5 Å². The highest BCUT2D eigenvalue weighted by Gasteiger charge is 2.28. The first kappa shape index (κ1) is 17.1. The Kier molecular flexibility index (Phi) is 4.98. The van der Waals surface area contributed by atoms with E-state index >= 15 is 0 Å². The Morgan fingerprint density at radius 3 is 2.75 bits per heavy atom. The fourth-order valence-electron chi connectivity index (χ4n) is 2.69. The van der Waals surface area contributed by atoms with Gasteiger partial charge >= 0.3 is 0 Å². The van der Waals surface area contributed by atoms with Crippen LogP contribution in [-0.2, 0) is 10.0 Å². The molecule has 3 rings (SSSR count). The number of benzene rings is 1. The molecule has 0 unspecified atom stereocenters. The van der Waals surface area contributed by atoms with Gasteiger partial charge in [-0.25, -0.2) is 27.5 Å². The lowest BCUT2D eigenvalue weighted by molar-refractivity contribution is 0.459. The second-order valence-electron chi connectivity index (χ2n) is 5.53. The van der Waals surface area contributed by atoms with Crippen molar-refractivity contribution in [2.45, 2.75) is 23.8 Å². The molecule has 1 N–H and O–H groups in total. The largest absolute Gasteiger partial charge is 0.339 e. The number of aromatic nitrogens is 2. The first-order valence-electron chi connectivity index (χ1n) is 7.45. The van der Waals surface area contributed by atoms with E-state index in [1.807, 2.05) is 4.90 Å². The minimum atomic E-state index is -3.96. The lowest BCUT2D eigenvalue weighted by Crippen LogP contribution is -2.48. The first-order chi connectivity index (χ1) is 11.5. The number of nitrogens with one attached hydrogen (secondary N) is 1. The Bertz CT molecular complexity index is 819. The molecular weight excluding hydrogens is 355 g/mol. The molecule has 6 nitrogen and oxygen atoms in total. The molecule has 9 heteroatoms. The van der Waals surface area contributed by atoms with E-state index in [4.69, 9.17) is 11.6 Å². The van der Waals surface area contributed by atoms with E-state index < -0.39 is 20.7 Å². The van der Waals surface area contributed by atoms with Crippen molar-refractivity contribution in [3.8, 4) is 0 Å². The normalized spacial score (nSPS) is 18.6. The van der Waals surface area contributed by atoms with Crippen LogP contribution < -0.4 is 9.62 Å². The fraction of sp³-hybridized carbons (Fsp3) is 0.333. The molecule has 24 heavy (non-hydrogen) atoms. The third-order valence-corrected chi connectivity index (χ3v) is 5.55. The summed E-state index contributed by atoms with van der Waals surface area (Å²) in [5.74, 6) is -0.312. The molecule has 2 heterocycles. The third-order valence-electron chi connectivity index (χ3n) is 3.76. The lowest BCUT2D eigenvalue weighted by Gasteiger charge is -2.32. The summed E-state index contributed by atoms with van der Waals surface area (Å²) in [6.07, 6.45) is 4.73. The highest BCUT2D eigenvalue weighted by atomic mass is 35.5. The van der Waals surface area contributed by atoms with Crippen LogP contribution in [0.5, 0.6) is 0 Å². The summed E-state index contributed by atoms with van der Waals surface area (Å²) in [5, 5.41) is 0.150. The number of piperidine rings is 1. The molecule has 1 saturated heterocycles. The second kappa shape index (κ2) is 7.00. The monoisotopic (exact) mass is 370 g/mol. The van der Waals surface area contributed by atoms with Crippen LogP contribution in [0.4, 0.5) is 10.3 Å². The summed E-state index contributed by atoms with van der Waals surface area (Å²) < 4.78 is 41.3. The Morgan fingerprint density at radius 1 is 1.29 bits per heavy atom. The predicted molar refractivity (Wildman–Crippen MR) is 89.0 cm³/mol. The number of halogens is 2. The van der Waals surface area contributed by atoms with Crippen molar-refractivity contribution in [2.75, 3.05) is 18.0 Å². The van der Waals surface area contributed by atoms with Gasteiger partial charge in [0.1, 0.15) is 10.7 Å². The van der Waals surface area contributed by atoms with Crippen molar-refractivity contribution in [3.63, 3.8) is 0 Å². The summed E-state index contributed by atoms with van der Waals surface area (Å²) in [4.78, 5) is 9.87. The zero-order valence-electron chi connectivity index (χ0n) is 12.7. The Labute approximate surface area is 144 Å². The van der Waals surface area contributed by atoms with E-state index in [9.17, 15) is 12.8 Å². The molecular formula is C15H16ClFN4O2S. The molecule has 1 atom stereocenters. The molecule has 128 valence electrons. The van der Waals surface area contributed by atoms with E-state index in [0.717, 1.165) is 19.0 Å². The van der Waals surface area contributed by atoms with Gasteiger partial charge < -0.3 is 4.90 Å². The molecule has 0 saturated carbocycles. The zero-order chi connectivity index (χ0) is 17.2. The molecule has 0 radical (unpaired) electrons. The average molecular weight is 371 g/mol. The van der Waals surface area contributed by atoms with Crippen LogP contribution >= 0.6 is 11.6 Å². The molecule has 1 fully saturated rings. The Balaban J connectivity index is 1.75. The van der Waals surface area contributed by atoms with Crippen molar-refractivity contribution in [1.29, 1.82) is 0 Å². The fourth-order valence-corrected chi connectivity index (χ4v) is 4.17. The van der Waals surface area contributed by atoms with Crippen LogP contribution in [0.25, 0.3) is 0 Å². The zero-order valence-corrected chi connectivity index (χ0v) is 14.3. The highest BCUT2D eigenvalue weighted by Crippen LogP contribution is 2.21. The van der Waals surface area contributed by atoms with Crippen molar-refractivity contribution >= 4 is 27.6 Å². The predicted octanol–water partition coefficient (Wildman–Crippen LogP) is 2.22. The SMILES string of the molecule is O=S(=O)(N[C@@H]1CCCN(c2ncccn2)C1)c1ccc(Cl)cc1F. The second-order valence-corrected chi connectivity index (χ2v) is 7.65. The van der Waals surface area contributed by atoms with Crippen LogP contribution in [0.2, 0.25) is 5.02 Å². The van der Waals surface area contributed by atoms with Gasteiger partial charge in [0, 0.05) is 36.5 Å². The number of rotatable bonds is 4. The van der Waals surface area contributed by atoms with E-state index in [-0.39, 0.29) is 11.1 Å². The van der Waals surface area contributed by atoms with Crippen molar-refractivity contribution in [1.82, 2.24) is 14.7 Å². The number of hydrogen-bond donors (Lipinski definition) is 1. The first-order valence-corrected chi connectivity index (χ1v) is 9.31. The Hall–Kier alpha value is -1.77. The smallest absolute Gasteiger partial charge is 0.243 e. The number of sulfonamides is 1. The molecule has 2 aromatic rings. The summed E-state index contributed by atoms with van der Waals surface area (Å²) in [6.45, 7) is 1.18. The Morgan fingerprint density at radius 2 is 2.04 bits per heavy atom. The molecule has 1 aromatic heterocycles. The summed E-state index contributed by atoms with van der Waals surface area (Å²) in [7, 11) is -3.96. The van der Waals surface area contributed by atoms with Gasteiger partial charge in [-0.3, -0.25) is 0 Å². The van der Waals surface area contributed by atoms with Gasteiger partial charge in [-0.15, -0.1) is 0 Å². The topological polar surface area (TPSA) is 75.2 Å². The summed E-state index contributed by atoms with van der Waals surface area (Å²) in [6, 6.07) is 4.88. The number of anilines is 1. The highest BCUT2D eigenvalue weighted by molar-refractivity contribution is 7.89. The minimum Gasteiger partial charge on any atom is -0.339 e. The third kappa shape index (κ3) is 3.82. The molecule has 0 bridgehead atoms. The minimum absolute atomic E-state index is 0.150. The molecule has 1 aromatic carbocycles. The summed E-state index contributed by atoms with van der Waals surface area (Å²) in [5.41, 5.74) is 0. The molecule has 0 amide bonds. The van der Waals surface area contributed by atoms with Crippen LogP contribution in [0.1, 0.15) is 12.8 Å². The van der Waals surface area contributed by atoms with Crippen molar-refractivity contribution in [2.24, 2.45) is 0 Å². The van der Waals surface area contributed by atoms with Crippen molar-refractivity contribution in [3.05, 3.63) is 47.5 Å². The van der Waals surface area contributed by atoms with Gasteiger partial charge in [-0.2, -0.15) is 0 Å². The molecule has 1 aliphatic rings. The van der Waals surface area contributed by atoms with Crippen LogP contribution in [0, 0.1) is 5.82 Å². The van der Waals surface area contributed by atoms with E-state index in [1.165, 1.54) is 12.1 Å². The standard InChI is InChI=1S/C15H16ClFN4O2S/c16-11-4-5-14(13(17)9-11)24(22,23)20-12-3-1-8-21(10-12)15-18-6-2-7-19-15/h2,4-7,9,12,20H,1,3,8,10H2/t12-/m1/s1. The van der Waals surface area contributed by atoms with Gasteiger partial charge in [0.15, 0.2) is 0 Å². The van der Waals surface area contributed by atoms with Crippen LogP contribution in [0.3, 0.4) is 0 Å². The summed E-state index contributed by atoms with van der Waals surface area (Å²) >= 11 is 5.67.